The van der Waals surface area contributed by atoms with Crippen molar-refractivity contribution in [2.24, 2.45) is 5.92 Å². The largest absolute Gasteiger partial charge is 0.264 e. The smallest absolute Gasteiger partial charge is 0.00792 e. The number of allylic oxidation sites excluding steroid dienone is 2. The van der Waals surface area contributed by atoms with Crippen molar-refractivity contribution in [2.75, 3.05) is 19.1 Å². The maximum atomic E-state index is 3.29. The molecule has 3 heteroatoms. The summed E-state index contributed by atoms with van der Waals surface area (Å²) < 4.78 is 3.29. The topological polar surface area (TPSA) is 12.0 Å². The van der Waals surface area contributed by atoms with E-state index >= 15 is 0 Å². The zero-order valence-electron chi connectivity index (χ0n) is 9.04. The minimum Gasteiger partial charge on any atom is -0.264 e. The van der Waals surface area contributed by atoms with E-state index in [-0.39, 0.29) is 0 Å². The Morgan fingerprint density at radius 3 is 2.54 bits per heavy atom. The van der Waals surface area contributed by atoms with Crippen molar-refractivity contribution in [3.63, 3.8) is 0 Å². The Kier molecular flexibility index (Phi) is 9.25. The molecule has 0 rings (SSSR count). The molecular formula is C10H21NS2. The van der Waals surface area contributed by atoms with E-state index in [2.05, 4.69) is 43.2 Å². The molecule has 0 aliphatic heterocycles. The van der Waals surface area contributed by atoms with Gasteiger partial charge in [0.05, 0.1) is 0 Å². The Morgan fingerprint density at radius 2 is 2.08 bits per heavy atom. The van der Waals surface area contributed by atoms with Crippen molar-refractivity contribution in [3.05, 3.63) is 12.2 Å². The molecule has 0 heterocycles. The first kappa shape index (κ1) is 13.4. The van der Waals surface area contributed by atoms with Gasteiger partial charge in [-0.2, -0.15) is 11.8 Å². The third kappa shape index (κ3) is 6.47. The van der Waals surface area contributed by atoms with E-state index in [1.54, 1.807) is 11.9 Å². The van der Waals surface area contributed by atoms with E-state index < -0.39 is 0 Å². The average molecular weight is 219 g/mol. The molecule has 1 N–H and O–H groups in total. The van der Waals surface area contributed by atoms with E-state index in [9.17, 15) is 0 Å². The number of hydrogen-bond donors (Lipinski definition) is 1. The molecule has 0 spiro atoms. The predicted molar refractivity (Wildman–Crippen MR) is 67.4 cm³/mol. The third-order valence-electron chi connectivity index (χ3n) is 2.14. The van der Waals surface area contributed by atoms with Gasteiger partial charge in [0.1, 0.15) is 0 Å². The van der Waals surface area contributed by atoms with Crippen LogP contribution in [0, 0.1) is 5.92 Å². The Morgan fingerprint density at radius 1 is 1.38 bits per heavy atom. The van der Waals surface area contributed by atoms with Crippen molar-refractivity contribution >= 4 is 23.7 Å². The second kappa shape index (κ2) is 8.97. The Hall–Kier alpha value is 0.400. The molecule has 0 aliphatic carbocycles. The van der Waals surface area contributed by atoms with Gasteiger partial charge in [0.15, 0.2) is 0 Å². The summed E-state index contributed by atoms with van der Waals surface area (Å²) >= 11 is 3.65. The van der Waals surface area contributed by atoms with E-state index in [0.717, 1.165) is 11.8 Å². The molecule has 0 saturated heterocycles. The van der Waals surface area contributed by atoms with Gasteiger partial charge in [-0.05, 0) is 31.8 Å². The van der Waals surface area contributed by atoms with Gasteiger partial charge in [-0.3, -0.25) is 4.72 Å². The van der Waals surface area contributed by atoms with Crippen LogP contribution in [-0.4, -0.2) is 24.3 Å². The molecule has 0 saturated carbocycles. The van der Waals surface area contributed by atoms with E-state index in [0.29, 0.717) is 5.92 Å². The fraction of sp³-hybridized carbons (Fsp3) is 0.800. The van der Waals surface area contributed by atoms with Crippen LogP contribution in [0.1, 0.15) is 20.3 Å². The van der Waals surface area contributed by atoms with Crippen LogP contribution in [0.2, 0.25) is 0 Å². The summed E-state index contributed by atoms with van der Waals surface area (Å²) in [5, 5.41) is 0.722. The van der Waals surface area contributed by atoms with Gasteiger partial charge in [0.2, 0.25) is 0 Å². The highest BCUT2D eigenvalue weighted by molar-refractivity contribution is 7.99. The Labute approximate surface area is 91.3 Å². The van der Waals surface area contributed by atoms with Crippen LogP contribution in [0.15, 0.2) is 12.2 Å². The van der Waals surface area contributed by atoms with Gasteiger partial charge in [-0.25, -0.2) is 0 Å². The number of hydrogen-bond acceptors (Lipinski definition) is 3. The molecule has 0 aromatic heterocycles. The zero-order valence-corrected chi connectivity index (χ0v) is 10.7. The van der Waals surface area contributed by atoms with Crippen LogP contribution < -0.4 is 4.72 Å². The van der Waals surface area contributed by atoms with Crippen LogP contribution in [-0.2, 0) is 0 Å². The molecule has 0 fully saturated rings. The molecule has 13 heavy (non-hydrogen) atoms. The lowest BCUT2D eigenvalue weighted by atomic mass is 10.0. The summed E-state index contributed by atoms with van der Waals surface area (Å²) in [6.45, 7) is 5.50. The molecular weight excluding hydrogens is 198 g/mol. The summed E-state index contributed by atoms with van der Waals surface area (Å²) in [6, 6.07) is 0. The van der Waals surface area contributed by atoms with Gasteiger partial charge in [-0.15, -0.1) is 0 Å². The van der Waals surface area contributed by atoms with Gasteiger partial charge < -0.3 is 0 Å². The lowest BCUT2D eigenvalue weighted by molar-refractivity contribution is 0.584. The molecule has 0 aromatic rings. The van der Waals surface area contributed by atoms with E-state index in [1.165, 1.54) is 6.42 Å². The number of rotatable bonds is 7. The lowest BCUT2D eigenvalue weighted by Crippen LogP contribution is -2.17. The molecule has 0 amide bonds. The minimum absolute atomic E-state index is 0.708. The zero-order chi connectivity index (χ0) is 10.1. The molecule has 0 aromatic carbocycles. The van der Waals surface area contributed by atoms with Crippen molar-refractivity contribution in [2.45, 2.75) is 25.5 Å². The quantitative estimate of drug-likeness (QED) is 0.401. The monoisotopic (exact) mass is 219 g/mol. The highest BCUT2D eigenvalue weighted by atomic mass is 32.2. The second-order valence-corrected chi connectivity index (χ2v) is 4.93. The van der Waals surface area contributed by atoms with Gasteiger partial charge >= 0.3 is 0 Å². The molecule has 0 radical (unpaired) electrons. The fourth-order valence-corrected chi connectivity index (χ4v) is 2.14. The summed E-state index contributed by atoms with van der Waals surface area (Å²) in [7, 11) is 0. The van der Waals surface area contributed by atoms with Crippen molar-refractivity contribution in [3.8, 4) is 0 Å². The second-order valence-electron chi connectivity index (χ2n) is 3.02. The standard InChI is InChI=1S/C10H21NS2/c1-5-6-10(9(2)12-3)7-8-11-13-4/h5-6,9-11H,7-8H2,1-4H3/b6-5-. The van der Waals surface area contributed by atoms with E-state index in [1.807, 2.05) is 11.8 Å². The maximum absolute atomic E-state index is 3.29. The van der Waals surface area contributed by atoms with Crippen molar-refractivity contribution in [1.82, 2.24) is 4.72 Å². The highest BCUT2D eigenvalue weighted by Crippen LogP contribution is 2.20. The molecule has 2 atom stereocenters. The summed E-state index contributed by atoms with van der Waals surface area (Å²) in [4.78, 5) is 0. The first-order chi connectivity index (χ1) is 6.26. The van der Waals surface area contributed by atoms with Crippen molar-refractivity contribution in [1.29, 1.82) is 0 Å². The van der Waals surface area contributed by atoms with Gasteiger partial charge in [0, 0.05) is 11.8 Å². The first-order valence-electron chi connectivity index (χ1n) is 4.67. The highest BCUT2D eigenvalue weighted by Gasteiger charge is 2.11. The molecule has 0 aliphatic rings. The lowest BCUT2D eigenvalue weighted by Gasteiger charge is -2.18. The average Bonchev–Trinajstić information content (AvgIpc) is 2.16. The molecule has 78 valence electrons. The number of nitrogens with one attached hydrogen (secondary N) is 1. The Bertz CT molecular complexity index is 137. The molecule has 1 nitrogen and oxygen atoms in total. The fourth-order valence-electron chi connectivity index (χ4n) is 1.24. The van der Waals surface area contributed by atoms with Gasteiger partial charge in [0.25, 0.3) is 0 Å². The van der Waals surface area contributed by atoms with Crippen LogP contribution in [0.25, 0.3) is 0 Å². The van der Waals surface area contributed by atoms with Crippen molar-refractivity contribution < 1.29 is 0 Å². The summed E-state index contributed by atoms with van der Waals surface area (Å²) in [5.74, 6) is 0.708. The third-order valence-corrected chi connectivity index (χ3v) is 3.72. The Balaban J connectivity index is 3.80. The normalized spacial score (nSPS) is 16.3. The van der Waals surface area contributed by atoms with E-state index in [4.69, 9.17) is 0 Å². The molecule has 0 bridgehead atoms. The SMILES string of the molecule is C/C=C\C(CCNSC)C(C)SC. The van der Waals surface area contributed by atoms with Crippen LogP contribution in [0.3, 0.4) is 0 Å². The van der Waals surface area contributed by atoms with Gasteiger partial charge in [-0.1, -0.05) is 31.0 Å². The van der Waals surface area contributed by atoms with Crippen LogP contribution >= 0.6 is 23.7 Å². The maximum Gasteiger partial charge on any atom is 0.00792 e. The number of thioether (sulfide) groups is 1. The van der Waals surface area contributed by atoms with Crippen LogP contribution in [0.4, 0.5) is 0 Å². The minimum atomic E-state index is 0.708. The van der Waals surface area contributed by atoms with Crippen LogP contribution in [0.5, 0.6) is 0 Å². The first-order valence-corrected chi connectivity index (χ1v) is 7.19. The predicted octanol–water partition coefficient (Wildman–Crippen LogP) is 3.19. The molecule has 2 unspecified atom stereocenters. The summed E-state index contributed by atoms with van der Waals surface area (Å²) in [6.07, 6.45) is 9.97. The summed E-state index contributed by atoms with van der Waals surface area (Å²) in [5.41, 5.74) is 0.